The molecule has 8 heteroatoms. The fourth-order valence-electron chi connectivity index (χ4n) is 6.35. The number of carbonyl (C=O) groups excluding carboxylic acids is 2. The van der Waals surface area contributed by atoms with Crippen molar-refractivity contribution in [3.05, 3.63) is 71.2 Å². The van der Waals surface area contributed by atoms with Crippen LogP contribution < -0.4 is 15.5 Å². The van der Waals surface area contributed by atoms with Crippen LogP contribution in [0.15, 0.2) is 48.8 Å². The highest BCUT2D eigenvalue weighted by atomic mass is 16.5. The van der Waals surface area contributed by atoms with Gasteiger partial charge < -0.3 is 25.7 Å². The number of hydrogen-bond acceptors (Lipinski definition) is 7. The van der Waals surface area contributed by atoms with Crippen LogP contribution in [0.25, 0.3) is 0 Å². The van der Waals surface area contributed by atoms with Crippen LogP contribution in [0.4, 0.5) is 5.82 Å². The van der Waals surface area contributed by atoms with E-state index in [1.165, 1.54) is 39.2 Å². The summed E-state index contributed by atoms with van der Waals surface area (Å²) in [5, 5.41) is 21.8. The van der Waals surface area contributed by atoms with Crippen molar-refractivity contribution in [2.24, 2.45) is 11.8 Å². The van der Waals surface area contributed by atoms with Crippen molar-refractivity contribution >= 4 is 17.4 Å². The maximum absolute atomic E-state index is 12.8. The zero-order valence-corrected chi connectivity index (χ0v) is 24.6. The topological polar surface area (TPSA) is 137 Å². The Morgan fingerprint density at radius 1 is 1.12 bits per heavy atom. The minimum atomic E-state index is -0.452. The second-order valence-electron chi connectivity index (χ2n) is 11.7. The van der Waals surface area contributed by atoms with E-state index in [0.717, 1.165) is 35.6 Å². The Bertz CT molecular complexity index is 1300. The summed E-state index contributed by atoms with van der Waals surface area (Å²) < 4.78 is 5.52. The van der Waals surface area contributed by atoms with E-state index in [-0.39, 0.29) is 48.4 Å². The van der Waals surface area contributed by atoms with E-state index in [4.69, 9.17) is 10.5 Å². The SMILES string of the molecule is COc1cc(CCC(=O)CC(=O)CCCC2CCCCC2)cc(C(c2ccnc(N)c2)C(CO)Cc2ccc[n-]2)c1O. The van der Waals surface area contributed by atoms with E-state index in [1.807, 2.05) is 24.3 Å². The molecular weight excluding hydrogens is 530 g/mol. The van der Waals surface area contributed by atoms with Crippen LogP contribution in [0.1, 0.15) is 92.5 Å². The predicted octanol–water partition coefficient (Wildman–Crippen LogP) is 5.53. The van der Waals surface area contributed by atoms with Crippen molar-refractivity contribution in [3.8, 4) is 11.5 Å². The van der Waals surface area contributed by atoms with Crippen LogP contribution in [0, 0.1) is 11.8 Å². The molecule has 0 bridgehead atoms. The largest absolute Gasteiger partial charge is 0.668 e. The Hall–Kier alpha value is -3.65. The first-order chi connectivity index (χ1) is 20.4. The Labute approximate surface area is 248 Å². The number of phenols is 1. The molecule has 42 heavy (non-hydrogen) atoms. The number of ketones is 2. The smallest absolute Gasteiger partial charge is 0.161 e. The molecule has 1 saturated carbocycles. The third-order valence-corrected chi connectivity index (χ3v) is 8.56. The normalized spacial score (nSPS) is 15.3. The molecule has 0 amide bonds. The van der Waals surface area contributed by atoms with E-state index >= 15 is 0 Å². The van der Waals surface area contributed by atoms with Crippen molar-refractivity contribution < 1.29 is 24.5 Å². The molecular formula is C34H44N3O5-. The van der Waals surface area contributed by atoms with Crippen LogP contribution in [0.3, 0.4) is 0 Å². The average Bonchev–Trinajstić information content (AvgIpc) is 3.50. The quantitative estimate of drug-likeness (QED) is 0.190. The number of aromatic hydroxyl groups is 1. The number of aromatic nitrogens is 2. The first kappa shape index (κ1) is 31.3. The molecule has 0 aliphatic heterocycles. The van der Waals surface area contributed by atoms with Gasteiger partial charge in [0.25, 0.3) is 0 Å². The lowest BCUT2D eigenvalue weighted by Crippen LogP contribution is -2.22. The van der Waals surface area contributed by atoms with Crippen molar-refractivity contribution in [2.45, 2.75) is 83.0 Å². The summed E-state index contributed by atoms with van der Waals surface area (Å²) in [5.74, 6) is 0.464. The van der Waals surface area contributed by atoms with Crippen LogP contribution in [0.5, 0.6) is 11.5 Å². The number of ether oxygens (including phenoxy) is 1. The first-order valence-electron chi connectivity index (χ1n) is 15.2. The van der Waals surface area contributed by atoms with Gasteiger partial charge in [0.15, 0.2) is 11.5 Å². The Morgan fingerprint density at radius 2 is 1.90 bits per heavy atom. The van der Waals surface area contributed by atoms with Gasteiger partial charge in [-0.25, -0.2) is 4.98 Å². The van der Waals surface area contributed by atoms with Crippen LogP contribution in [0.2, 0.25) is 0 Å². The summed E-state index contributed by atoms with van der Waals surface area (Å²) in [4.78, 5) is 33.8. The molecule has 3 aromatic rings. The first-order valence-corrected chi connectivity index (χ1v) is 15.2. The molecule has 4 N–H and O–H groups in total. The molecule has 2 heterocycles. The predicted molar refractivity (Wildman–Crippen MR) is 163 cm³/mol. The number of nitrogen functional groups attached to an aromatic ring is 1. The number of rotatable bonds is 16. The molecule has 1 aliphatic rings. The number of anilines is 1. The van der Waals surface area contributed by atoms with Crippen LogP contribution in [-0.2, 0) is 22.4 Å². The minimum absolute atomic E-state index is 0.0158. The number of nitrogens with zero attached hydrogens (tertiary/aromatic N) is 2. The van der Waals surface area contributed by atoms with E-state index in [0.29, 0.717) is 30.6 Å². The lowest BCUT2D eigenvalue weighted by Gasteiger charge is -2.29. The fourth-order valence-corrected chi connectivity index (χ4v) is 6.35. The maximum Gasteiger partial charge on any atom is 0.161 e. The van der Waals surface area contributed by atoms with Crippen LogP contribution in [-0.4, -0.2) is 40.5 Å². The van der Waals surface area contributed by atoms with Crippen molar-refractivity contribution in [1.82, 2.24) is 9.97 Å². The number of aliphatic hydroxyl groups excluding tert-OH is 1. The lowest BCUT2D eigenvalue weighted by atomic mass is 9.78. The summed E-state index contributed by atoms with van der Waals surface area (Å²) in [7, 11) is 1.48. The van der Waals surface area contributed by atoms with Gasteiger partial charge >= 0.3 is 0 Å². The molecule has 1 aromatic carbocycles. The van der Waals surface area contributed by atoms with Crippen molar-refractivity contribution in [3.63, 3.8) is 0 Å². The van der Waals surface area contributed by atoms with Gasteiger partial charge in [0, 0.05) is 37.1 Å². The summed E-state index contributed by atoms with van der Waals surface area (Å²) in [6.07, 6.45) is 13.2. The average molecular weight is 575 g/mol. The molecule has 8 nitrogen and oxygen atoms in total. The van der Waals surface area contributed by atoms with E-state index < -0.39 is 5.92 Å². The van der Waals surface area contributed by atoms with Gasteiger partial charge in [0.05, 0.1) is 13.5 Å². The lowest BCUT2D eigenvalue weighted by molar-refractivity contribution is -0.127. The second kappa shape index (κ2) is 15.5. The molecule has 4 rings (SSSR count). The Kier molecular flexibility index (Phi) is 11.6. The van der Waals surface area contributed by atoms with Gasteiger partial charge in [0.1, 0.15) is 17.4 Å². The van der Waals surface area contributed by atoms with Crippen molar-refractivity contribution in [1.29, 1.82) is 0 Å². The van der Waals surface area contributed by atoms with E-state index in [2.05, 4.69) is 9.97 Å². The van der Waals surface area contributed by atoms with E-state index in [9.17, 15) is 19.8 Å². The maximum atomic E-state index is 12.8. The van der Waals surface area contributed by atoms with Gasteiger partial charge in [-0.15, -0.1) is 0 Å². The molecule has 0 spiro atoms. The third-order valence-electron chi connectivity index (χ3n) is 8.56. The molecule has 0 radical (unpaired) electrons. The van der Waals surface area contributed by atoms with Gasteiger partial charge in [-0.3, -0.25) is 9.59 Å². The molecule has 1 aliphatic carbocycles. The summed E-state index contributed by atoms with van der Waals surface area (Å²) in [5.41, 5.74) is 9.01. The summed E-state index contributed by atoms with van der Waals surface area (Å²) in [6, 6.07) is 10.9. The zero-order valence-electron chi connectivity index (χ0n) is 24.6. The number of methoxy groups -OCH3 is 1. The zero-order chi connectivity index (χ0) is 29.9. The molecule has 2 unspecified atom stereocenters. The third kappa shape index (κ3) is 8.68. The van der Waals surface area contributed by atoms with Gasteiger partial charge in [-0.2, -0.15) is 11.9 Å². The summed E-state index contributed by atoms with van der Waals surface area (Å²) in [6.45, 7) is -0.160. The number of benzene rings is 1. The van der Waals surface area contributed by atoms with E-state index in [1.54, 1.807) is 24.5 Å². The number of nitrogens with two attached hydrogens (primary N) is 1. The highest BCUT2D eigenvalue weighted by Gasteiger charge is 2.29. The highest BCUT2D eigenvalue weighted by molar-refractivity contribution is 5.99. The van der Waals surface area contributed by atoms with Crippen LogP contribution >= 0.6 is 0 Å². The monoisotopic (exact) mass is 574 g/mol. The number of carbonyl (C=O) groups is 2. The Balaban J connectivity index is 1.48. The number of Topliss-reactive ketones (excluding diaryl/α,β-unsaturated/α-hetero) is 2. The molecule has 0 saturated heterocycles. The molecule has 226 valence electrons. The molecule has 2 atom stereocenters. The second-order valence-corrected chi connectivity index (χ2v) is 11.7. The number of aliphatic hydroxyl groups is 1. The highest BCUT2D eigenvalue weighted by Crippen LogP contribution is 2.43. The number of aryl methyl sites for hydroxylation is 1. The van der Waals surface area contributed by atoms with Crippen molar-refractivity contribution in [2.75, 3.05) is 19.5 Å². The number of pyridine rings is 1. The number of hydrogen-bond donors (Lipinski definition) is 3. The summed E-state index contributed by atoms with van der Waals surface area (Å²) >= 11 is 0. The van der Waals surface area contributed by atoms with Gasteiger partial charge in [-0.05, 0) is 60.4 Å². The van der Waals surface area contributed by atoms with Gasteiger partial charge in [-0.1, -0.05) is 56.7 Å². The standard InChI is InChI=1S/C34H44N3O5/c1-42-31-18-24(12-13-29(40)21-28(39)11-5-9-23-7-3-2-4-8-23)17-30(34(31)41)33(25-14-16-37-32(35)20-25)26(22-38)19-27-10-6-15-36-27/h6,10,14-18,20,23,26,33,38,41H,2-5,7-9,11-13,19,21-22H2,1H3,(H2,35,37)/q-1. The van der Waals surface area contributed by atoms with Gasteiger partial charge in [0.2, 0.25) is 0 Å². The minimum Gasteiger partial charge on any atom is -0.668 e. The fraction of sp³-hybridized carbons (Fsp3) is 0.500. The molecule has 1 fully saturated rings. The number of phenolic OH excluding ortho intramolecular Hbond substituents is 1. The Morgan fingerprint density at radius 3 is 2.60 bits per heavy atom. The molecule has 2 aromatic heterocycles.